The first-order chi connectivity index (χ1) is 13.5. The van der Waals surface area contributed by atoms with Crippen LogP contribution in [0.2, 0.25) is 0 Å². The van der Waals surface area contributed by atoms with E-state index in [0.29, 0.717) is 35.0 Å². The minimum absolute atomic E-state index is 0.323. The molecule has 0 aliphatic rings. The van der Waals surface area contributed by atoms with E-state index in [1.165, 1.54) is 20.3 Å². The zero-order chi connectivity index (χ0) is 20.5. The largest absolute Gasteiger partial charge is 0.550 e. The zero-order valence-corrected chi connectivity index (χ0v) is 16.2. The molecule has 0 saturated carbocycles. The third-order valence-corrected chi connectivity index (χ3v) is 4.08. The highest BCUT2D eigenvalue weighted by molar-refractivity contribution is 5.95. The maximum absolute atomic E-state index is 12.6. The van der Waals surface area contributed by atoms with E-state index in [0.717, 1.165) is 6.42 Å². The van der Waals surface area contributed by atoms with Gasteiger partial charge >= 0.3 is 0 Å². The molecule has 0 spiro atoms. The number of nitrogens with one attached hydrogen (secondary N) is 1. The molecule has 0 saturated heterocycles. The Bertz CT molecular complexity index is 803. The fourth-order valence-electron chi connectivity index (χ4n) is 2.65. The number of amides is 1. The summed E-state index contributed by atoms with van der Waals surface area (Å²) >= 11 is 0. The minimum atomic E-state index is -1.26. The Hall–Kier alpha value is -3.22. The average Bonchev–Trinajstić information content (AvgIpc) is 2.71. The second kappa shape index (κ2) is 10.2. The van der Waals surface area contributed by atoms with Gasteiger partial charge < -0.3 is 29.4 Å². The van der Waals surface area contributed by atoms with Crippen molar-refractivity contribution in [1.29, 1.82) is 0 Å². The predicted molar refractivity (Wildman–Crippen MR) is 102 cm³/mol. The smallest absolute Gasteiger partial charge is 0.251 e. The van der Waals surface area contributed by atoms with E-state index in [-0.39, 0.29) is 6.42 Å². The molecule has 0 fully saturated rings. The molecule has 28 heavy (non-hydrogen) atoms. The third kappa shape index (κ3) is 5.64. The lowest BCUT2D eigenvalue weighted by Gasteiger charge is -2.20. The predicted octanol–water partition coefficient (Wildman–Crippen LogP) is 2.10. The number of hydrogen-bond acceptors (Lipinski definition) is 6. The average molecular weight is 386 g/mol. The number of aliphatic carboxylic acids is 1. The number of carbonyl (C=O) groups is 2. The molecular formula is C21H24NO6-. The van der Waals surface area contributed by atoms with Crippen molar-refractivity contribution in [2.45, 2.75) is 25.8 Å². The fourth-order valence-corrected chi connectivity index (χ4v) is 2.65. The molecule has 1 amide bonds. The molecule has 7 nitrogen and oxygen atoms in total. The molecule has 0 aliphatic heterocycles. The van der Waals surface area contributed by atoms with Gasteiger partial charge in [0.15, 0.2) is 11.5 Å². The van der Waals surface area contributed by atoms with E-state index in [2.05, 4.69) is 5.32 Å². The van der Waals surface area contributed by atoms with Crippen molar-refractivity contribution in [3.8, 4) is 17.2 Å². The highest BCUT2D eigenvalue weighted by atomic mass is 16.5. The van der Waals surface area contributed by atoms with Gasteiger partial charge in [0.25, 0.3) is 5.91 Å². The van der Waals surface area contributed by atoms with Gasteiger partial charge in [-0.1, -0.05) is 19.1 Å². The second-order valence-corrected chi connectivity index (χ2v) is 6.09. The molecule has 0 radical (unpaired) electrons. The highest BCUT2D eigenvalue weighted by Gasteiger charge is 2.18. The lowest BCUT2D eigenvalue weighted by atomic mass is 10.0. The summed E-state index contributed by atoms with van der Waals surface area (Å²) in [6.07, 6.45) is 0.532. The van der Waals surface area contributed by atoms with Crippen molar-refractivity contribution in [3.63, 3.8) is 0 Å². The molecule has 150 valence electrons. The van der Waals surface area contributed by atoms with Crippen molar-refractivity contribution in [3.05, 3.63) is 53.6 Å². The van der Waals surface area contributed by atoms with Crippen molar-refractivity contribution in [2.24, 2.45) is 0 Å². The Morgan fingerprint density at radius 2 is 1.71 bits per heavy atom. The number of methoxy groups -OCH3 is 2. The Morgan fingerprint density at radius 3 is 2.29 bits per heavy atom. The monoisotopic (exact) mass is 386 g/mol. The topological polar surface area (TPSA) is 96.9 Å². The van der Waals surface area contributed by atoms with E-state index in [9.17, 15) is 14.7 Å². The molecule has 0 unspecified atom stereocenters. The second-order valence-electron chi connectivity index (χ2n) is 6.09. The number of hydrogen-bond donors (Lipinski definition) is 1. The summed E-state index contributed by atoms with van der Waals surface area (Å²) in [6.45, 7) is 2.60. The Kier molecular flexibility index (Phi) is 7.68. The molecule has 0 aliphatic carbocycles. The maximum Gasteiger partial charge on any atom is 0.251 e. The van der Waals surface area contributed by atoms with Crippen LogP contribution < -0.4 is 24.6 Å². The van der Waals surface area contributed by atoms with Gasteiger partial charge in [0.2, 0.25) is 0 Å². The van der Waals surface area contributed by atoms with Crippen LogP contribution >= 0.6 is 0 Å². The number of carboxylic acid groups (broad SMARTS) is 1. The fraction of sp³-hybridized carbons (Fsp3) is 0.333. The van der Waals surface area contributed by atoms with Crippen molar-refractivity contribution in [1.82, 2.24) is 5.32 Å². The van der Waals surface area contributed by atoms with Crippen LogP contribution in [0.25, 0.3) is 0 Å². The lowest BCUT2D eigenvalue weighted by Crippen LogP contribution is -2.34. The minimum Gasteiger partial charge on any atom is -0.550 e. The van der Waals surface area contributed by atoms with Crippen molar-refractivity contribution >= 4 is 11.9 Å². The zero-order valence-electron chi connectivity index (χ0n) is 16.2. The standard InChI is InChI=1S/C21H25NO6/c1-4-11-28-16-8-5-14(6-9-16)17(13-20(23)24)22-21(25)15-7-10-18(26-2)19(12-15)27-3/h5-10,12,17H,4,11,13H2,1-3H3,(H,22,25)(H,23,24)/p-1/t17-/m1/s1. The van der Waals surface area contributed by atoms with Gasteiger partial charge in [-0.3, -0.25) is 4.79 Å². The molecule has 1 N–H and O–H groups in total. The normalized spacial score (nSPS) is 11.4. The molecule has 0 bridgehead atoms. The molecule has 2 aromatic rings. The van der Waals surface area contributed by atoms with Crippen LogP contribution in [0, 0.1) is 0 Å². The van der Waals surface area contributed by atoms with Crippen LogP contribution in [-0.4, -0.2) is 32.7 Å². The number of rotatable bonds is 10. The van der Waals surface area contributed by atoms with Crippen LogP contribution in [0.1, 0.15) is 41.7 Å². The molecule has 2 rings (SSSR count). The highest BCUT2D eigenvalue weighted by Crippen LogP contribution is 2.28. The van der Waals surface area contributed by atoms with Crippen LogP contribution in [-0.2, 0) is 4.79 Å². The first-order valence-electron chi connectivity index (χ1n) is 8.94. The van der Waals surface area contributed by atoms with Crippen molar-refractivity contribution in [2.75, 3.05) is 20.8 Å². The van der Waals surface area contributed by atoms with Crippen molar-refractivity contribution < 1.29 is 28.9 Å². The quantitative estimate of drug-likeness (QED) is 0.672. The third-order valence-electron chi connectivity index (χ3n) is 4.08. The van der Waals surface area contributed by atoms with Gasteiger partial charge in [0.1, 0.15) is 5.75 Å². The molecule has 2 aromatic carbocycles. The van der Waals surface area contributed by atoms with E-state index >= 15 is 0 Å². The van der Waals surface area contributed by atoms with Crippen LogP contribution in [0.4, 0.5) is 0 Å². The van der Waals surface area contributed by atoms with Gasteiger partial charge in [-0.25, -0.2) is 0 Å². The number of benzene rings is 2. The Balaban J connectivity index is 2.19. The summed E-state index contributed by atoms with van der Waals surface area (Å²) in [6, 6.07) is 10.9. The first kappa shape index (κ1) is 21.1. The van der Waals surface area contributed by atoms with Crippen LogP contribution in [0.15, 0.2) is 42.5 Å². The van der Waals surface area contributed by atoms with Gasteiger partial charge in [0.05, 0.1) is 26.9 Å². The van der Waals surface area contributed by atoms with E-state index in [4.69, 9.17) is 14.2 Å². The number of carboxylic acids is 1. The molecule has 0 heterocycles. The van der Waals surface area contributed by atoms with Gasteiger partial charge in [-0.15, -0.1) is 0 Å². The van der Waals surface area contributed by atoms with Crippen LogP contribution in [0.3, 0.4) is 0 Å². The first-order valence-corrected chi connectivity index (χ1v) is 8.94. The summed E-state index contributed by atoms with van der Waals surface area (Å²) in [4.78, 5) is 23.8. The SMILES string of the molecule is CCCOc1ccc([C@@H](CC(=O)[O-])NC(=O)c2ccc(OC)c(OC)c2)cc1. The van der Waals surface area contributed by atoms with Gasteiger partial charge in [-0.05, 0) is 42.3 Å². The Morgan fingerprint density at radius 1 is 1.04 bits per heavy atom. The maximum atomic E-state index is 12.6. The van der Waals surface area contributed by atoms with E-state index < -0.39 is 17.9 Å². The van der Waals surface area contributed by atoms with E-state index in [1.54, 1.807) is 36.4 Å². The summed E-state index contributed by atoms with van der Waals surface area (Å²) in [7, 11) is 2.97. The summed E-state index contributed by atoms with van der Waals surface area (Å²) in [5.41, 5.74) is 0.964. The molecular weight excluding hydrogens is 362 g/mol. The summed E-state index contributed by atoms with van der Waals surface area (Å²) < 4.78 is 15.9. The summed E-state index contributed by atoms with van der Waals surface area (Å²) in [5.74, 6) is -0.108. The number of ether oxygens (including phenoxy) is 3. The molecule has 1 atom stereocenters. The van der Waals surface area contributed by atoms with Gasteiger partial charge in [0, 0.05) is 18.0 Å². The van der Waals surface area contributed by atoms with Gasteiger partial charge in [-0.2, -0.15) is 0 Å². The lowest BCUT2D eigenvalue weighted by molar-refractivity contribution is -0.306. The number of carbonyl (C=O) groups excluding carboxylic acids is 2. The molecule has 7 heteroatoms. The summed E-state index contributed by atoms with van der Waals surface area (Å²) in [5, 5.41) is 13.9. The molecule has 0 aromatic heterocycles. The van der Waals surface area contributed by atoms with E-state index in [1.807, 2.05) is 6.92 Å². The Labute approximate surface area is 164 Å². The van der Waals surface area contributed by atoms with Crippen LogP contribution in [0.5, 0.6) is 17.2 Å².